The number of aliphatic carboxylic acids is 1. The summed E-state index contributed by atoms with van der Waals surface area (Å²) in [5.74, 6) is -5.15. The molecule has 0 saturated carbocycles. The van der Waals surface area contributed by atoms with Crippen molar-refractivity contribution in [3.05, 3.63) is 71.3 Å². The Morgan fingerprint density at radius 1 is 1.15 bits per heavy atom. The minimum Gasteiger partial charge on any atom is -0.481 e. The molecular weight excluding hydrogens is 512 g/mol. The molecule has 0 fully saturated rings. The number of carboxylic acids is 1. The Balaban J connectivity index is 1.64. The van der Waals surface area contributed by atoms with Gasteiger partial charge in [0, 0.05) is 24.4 Å². The van der Waals surface area contributed by atoms with Crippen LogP contribution in [0.1, 0.15) is 53.7 Å². The lowest BCUT2D eigenvalue weighted by Crippen LogP contribution is -2.48. The van der Waals surface area contributed by atoms with Crippen molar-refractivity contribution in [2.24, 2.45) is 7.05 Å². The average molecular weight is 540 g/mol. The van der Waals surface area contributed by atoms with Crippen LogP contribution in [-0.4, -0.2) is 53.3 Å². The van der Waals surface area contributed by atoms with E-state index in [9.17, 15) is 23.9 Å². The number of aromatic nitrogens is 5. The lowest BCUT2D eigenvalue weighted by atomic mass is 9.97. The Morgan fingerprint density at radius 3 is 2.59 bits per heavy atom. The summed E-state index contributed by atoms with van der Waals surface area (Å²) in [5, 5.41) is 22.8. The monoisotopic (exact) mass is 539 g/mol. The van der Waals surface area contributed by atoms with Crippen molar-refractivity contribution in [3.63, 3.8) is 0 Å². The molecule has 0 aliphatic rings. The molecule has 3 heterocycles. The minimum atomic E-state index is -1.42. The van der Waals surface area contributed by atoms with Gasteiger partial charge in [-0.1, -0.05) is 13.3 Å². The maximum absolute atomic E-state index is 15.0. The molecule has 4 aromatic rings. The first kappa shape index (κ1) is 27.4. The SMILES string of the molecule is CCC[C@H](NC(=O)c1cccn2ncnc12)C(=O)NC(CC(=O)O)c1cc(-c2c(C)cnn2C)cc(F)c1F. The maximum Gasteiger partial charge on any atom is 0.305 e. The summed E-state index contributed by atoms with van der Waals surface area (Å²) < 4.78 is 32.7. The molecule has 0 radical (unpaired) electrons. The number of carbonyl (C=O) groups excluding carboxylic acids is 2. The van der Waals surface area contributed by atoms with E-state index < -0.39 is 47.9 Å². The summed E-state index contributed by atoms with van der Waals surface area (Å²) in [6.45, 7) is 3.55. The fraction of sp³-hybridized carbons (Fsp3) is 0.308. The first-order valence-electron chi connectivity index (χ1n) is 12.2. The summed E-state index contributed by atoms with van der Waals surface area (Å²) in [6, 6.07) is 2.91. The van der Waals surface area contributed by atoms with Gasteiger partial charge in [0.1, 0.15) is 12.4 Å². The van der Waals surface area contributed by atoms with E-state index >= 15 is 4.39 Å². The molecule has 1 unspecified atom stereocenters. The predicted octanol–water partition coefficient (Wildman–Crippen LogP) is 2.95. The molecule has 0 spiro atoms. The van der Waals surface area contributed by atoms with Gasteiger partial charge in [0.05, 0.1) is 29.9 Å². The van der Waals surface area contributed by atoms with Crippen molar-refractivity contribution in [1.29, 1.82) is 0 Å². The molecular formula is C26H27F2N7O4. The van der Waals surface area contributed by atoms with Crippen molar-refractivity contribution in [2.45, 2.75) is 45.2 Å². The van der Waals surface area contributed by atoms with Crippen LogP contribution in [0.4, 0.5) is 8.78 Å². The highest BCUT2D eigenvalue weighted by atomic mass is 19.2. The number of nitrogens with one attached hydrogen (secondary N) is 2. The molecule has 0 aliphatic heterocycles. The molecule has 39 heavy (non-hydrogen) atoms. The number of amides is 2. The predicted molar refractivity (Wildman–Crippen MR) is 136 cm³/mol. The van der Waals surface area contributed by atoms with E-state index in [4.69, 9.17) is 0 Å². The Labute approximate surface area is 221 Å². The lowest BCUT2D eigenvalue weighted by Gasteiger charge is -2.24. The van der Waals surface area contributed by atoms with Crippen molar-refractivity contribution in [3.8, 4) is 11.3 Å². The Hall–Kier alpha value is -4.68. The van der Waals surface area contributed by atoms with Gasteiger partial charge in [0.2, 0.25) is 5.91 Å². The number of nitrogens with zero attached hydrogens (tertiary/aromatic N) is 5. The van der Waals surface area contributed by atoms with Crippen LogP contribution < -0.4 is 10.6 Å². The number of rotatable bonds is 10. The number of fused-ring (bicyclic) bond motifs is 1. The Bertz CT molecular complexity index is 1530. The molecule has 2 atom stereocenters. The topological polar surface area (TPSA) is 144 Å². The number of carbonyl (C=O) groups is 3. The van der Waals surface area contributed by atoms with Gasteiger partial charge in [0.25, 0.3) is 5.91 Å². The van der Waals surface area contributed by atoms with Crippen LogP contribution in [-0.2, 0) is 16.6 Å². The molecule has 204 valence electrons. The first-order valence-corrected chi connectivity index (χ1v) is 12.2. The number of aryl methyl sites for hydroxylation is 2. The molecule has 11 nitrogen and oxygen atoms in total. The summed E-state index contributed by atoms with van der Waals surface area (Å²) >= 11 is 0. The van der Waals surface area contributed by atoms with E-state index in [-0.39, 0.29) is 28.8 Å². The van der Waals surface area contributed by atoms with Gasteiger partial charge in [-0.05, 0) is 43.2 Å². The van der Waals surface area contributed by atoms with Gasteiger partial charge in [0.15, 0.2) is 17.3 Å². The third kappa shape index (κ3) is 5.76. The Kier molecular flexibility index (Phi) is 7.98. The zero-order chi connectivity index (χ0) is 28.3. The van der Waals surface area contributed by atoms with E-state index in [1.54, 1.807) is 39.4 Å². The summed E-state index contributed by atoms with van der Waals surface area (Å²) in [4.78, 5) is 42.1. The van der Waals surface area contributed by atoms with Crippen LogP contribution in [0, 0.1) is 18.6 Å². The second-order valence-corrected chi connectivity index (χ2v) is 9.08. The smallest absolute Gasteiger partial charge is 0.305 e. The summed E-state index contributed by atoms with van der Waals surface area (Å²) in [6.07, 6.45) is 4.44. The standard InChI is InChI=1S/C26H27F2N7O4/c1-4-6-19(32-25(38)16-7-5-8-35-24(16)29-13-31-35)26(39)33-20(11-21(36)37)17-9-15(10-18(27)22(17)28)23-14(2)12-30-34(23)3/h5,7-10,12-13,19-20H,4,6,11H2,1-3H3,(H,32,38)(H,33,39)(H,36,37)/t19-,20?/m0/s1. The molecule has 0 saturated heterocycles. The van der Waals surface area contributed by atoms with E-state index in [2.05, 4.69) is 25.8 Å². The first-order chi connectivity index (χ1) is 18.6. The number of pyridine rings is 1. The van der Waals surface area contributed by atoms with Gasteiger partial charge in [-0.15, -0.1) is 0 Å². The van der Waals surface area contributed by atoms with Crippen LogP contribution in [0.15, 0.2) is 43.0 Å². The highest BCUT2D eigenvalue weighted by Gasteiger charge is 2.29. The van der Waals surface area contributed by atoms with Crippen molar-refractivity contribution < 1.29 is 28.3 Å². The molecule has 13 heteroatoms. The molecule has 4 rings (SSSR count). The molecule has 0 bridgehead atoms. The zero-order valence-corrected chi connectivity index (χ0v) is 21.5. The highest BCUT2D eigenvalue weighted by Crippen LogP contribution is 2.31. The van der Waals surface area contributed by atoms with E-state index in [0.717, 1.165) is 6.07 Å². The van der Waals surface area contributed by atoms with Crippen LogP contribution in [0.3, 0.4) is 0 Å². The maximum atomic E-state index is 15.0. The van der Waals surface area contributed by atoms with Crippen LogP contribution in [0.25, 0.3) is 16.9 Å². The molecule has 3 N–H and O–H groups in total. The van der Waals surface area contributed by atoms with E-state index in [1.807, 2.05) is 0 Å². The third-order valence-corrected chi connectivity index (χ3v) is 6.27. The van der Waals surface area contributed by atoms with Crippen LogP contribution >= 0.6 is 0 Å². The van der Waals surface area contributed by atoms with E-state index in [1.165, 1.54) is 27.7 Å². The fourth-order valence-corrected chi connectivity index (χ4v) is 4.47. The Morgan fingerprint density at radius 2 is 1.92 bits per heavy atom. The van der Waals surface area contributed by atoms with Crippen LogP contribution in [0.5, 0.6) is 0 Å². The molecule has 1 aromatic carbocycles. The van der Waals surface area contributed by atoms with Gasteiger partial charge in [-0.3, -0.25) is 19.1 Å². The van der Waals surface area contributed by atoms with Gasteiger partial charge in [-0.25, -0.2) is 18.3 Å². The lowest BCUT2D eigenvalue weighted by molar-refractivity contribution is -0.137. The van der Waals surface area contributed by atoms with Crippen molar-refractivity contribution in [1.82, 2.24) is 35.0 Å². The molecule has 0 aliphatic carbocycles. The number of hydrogen-bond acceptors (Lipinski definition) is 6. The number of benzene rings is 1. The van der Waals surface area contributed by atoms with E-state index in [0.29, 0.717) is 17.7 Å². The molecule has 3 aromatic heterocycles. The quantitative estimate of drug-likeness (QED) is 0.281. The van der Waals surface area contributed by atoms with Gasteiger partial charge >= 0.3 is 5.97 Å². The second-order valence-electron chi connectivity index (χ2n) is 9.08. The zero-order valence-electron chi connectivity index (χ0n) is 21.5. The summed E-state index contributed by atoms with van der Waals surface area (Å²) in [5.41, 5.74) is 1.60. The fourth-order valence-electron chi connectivity index (χ4n) is 4.47. The number of halogens is 2. The number of hydrogen-bond donors (Lipinski definition) is 3. The highest BCUT2D eigenvalue weighted by molar-refractivity contribution is 6.02. The van der Waals surface area contributed by atoms with Gasteiger partial charge in [-0.2, -0.15) is 10.2 Å². The van der Waals surface area contributed by atoms with Crippen LogP contribution in [0.2, 0.25) is 0 Å². The normalized spacial score (nSPS) is 12.7. The van der Waals surface area contributed by atoms with Crippen molar-refractivity contribution in [2.75, 3.05) is 0 Å². The van der Waals surface area contributed by atoms with Crippen molar-refractivity contribution >= 4 is 23.4 Å². The molecule has 2 amide bonds. The number of carboxylic acid groups (broad SMARTS) is 1. The summed E-state index contributed by atoms with van der Waals surface area (Å²) in [7, 11) is 1.64. The average Bonchev–Trinajstić information content (AvgIpc) is 3.50. The largest absolute Gasteiger partial charge is 0.481 e. The minimum absolute atomic E-state index is 0.179. The van der Waals surface area contributed by atoms with Gasteiger partial charge < -0.3 is 15.7 Å². The third-order valence-electron chi connectivity index (χ3n) is 6.27. The second kappa shape index (κ2) is 11.4.